The number of fused-ring (bicyclic) bond motifs is 1. The molecule has 5 rings (SSSR count). The van der Waals surface area contributed by atoms with Gasteiger partial charge in [0.25, 0.3) is 0 Å². The van der Waals surface area contributed by atoms with Crippen LogP contribution < -0.4 is 15.4 Å². The molecule has 0 unspecified atom stereocenters. The minimum absolute atomic E-state index is 0.0247. The SMILES string of the molecule is COCCOCCN(Cc1ccc(-c2cc3nccc(Oc4ccc(NC(=O)NC5CC5)cc4F)c3s2)nc1)C(=O)OC(C)(C)C. The van der Waals surface area contributed by atoms with Crippen LogP contribution in [0.4, 0.5) is 19.7 Å². The molecule has 3 aromatic heterocycles. The average molecular weight is 652 g/mol. The molecule has 4 aromatic rings. The number of rotatable bonds is 13. The van der Waals surface area contributed by atoms with Gasteiger partial charge in [0.2, 0.25) is 0 Å². The van der Waals surface area contributed by atoms with Crippen LogP contribution in [0.1, 0.15) is 39.2 Å². The van der Waals surface area contributed by atoms with E-state index in [1.807, 2.05) is 39.0 Å². The summed E-state index contributed by atoms with van der Waals surface area (Å²) in [7, 11) is 1.61. The summed E-state index contributed by atoms with van der Waals surface area (Å²) in [5.74, 6) is -0.133. The van der Waals surface area contributed by atoms with Crippen LogP contribution >= 0.6 is 11.3 Å². The molecule has 1 saturated carbocycles. The molecular weight excluding hydrogens is 613 g/mol. The van der Waals surface area contributed by atoms with E-state index in [2.05, 4.69) is 20.6 Å². The summed E-state index contributed by atoms with van der Waals surface area (Å²) < 4.78 is 37.8. The second kappa shape index (κ2) is 14.8. The van der Waals surface area contributed by atoms with E-state index in [0.29, 0.717) is 49.9 Å². The third-order valence-electron chi connectivity index (χ3n) is 6.74. The largest absolute Gasteiger partial charge is 0.453 e. The fourth-order valence-corrected chi connectivity index (χ4v) is 5.39. The highest BCUT2D eigenvalue weighted by Crippen LogP contribution is 2.39. The minimum atomic E-state index is -0.633. The Morgan fingerprint density at radius 2 is 1.87 bits per heavy atom. The van der Waals surface area contributed by atoms with Gasteiger partial charge in [-0.1, -0.05) is 6.07 Å². The van der Waals surface area contributed by atoms with Gasteiger partial charge in [0.15, 0.2) is 11.6 Å². The Labute approximate surface area is 271 Å². The molecule has 0 bridgehead atoms. The highest BCUT2D eigenvalue weighted by Gasteiger charge is 2.24. The number of hydrogen-bond donors (Lipinski definition) is 2. The Morgan fingerprint density at radius 1 is 1.04 bits per heavy atom. The van der Waals surface area contributed by atoms with Gasteiger partial charge in [-0.15, -0.1) is 11.3 Å². The van der Waals surface area contributed by atoms with Crippen molar-refractivity contribution in [2.24, 2.45) is 0 Å². The van der Waals surface area contributed by atoms with Gasteiger partial charge in [0, 0.05) is 49.9 Å². The number of ether oxygens (including phenoxy) is 4. The van der Waals surface area contributed by atoms with Crippen LogP contribution in [-0.4, -0.2) is 72.1 Å². The highest BCUT2D eigenvalue weighted by atomic mass is 32.1. The van der Waals surface area contributed by atoms with Crippen LogP contribution in [0, 0.1) is 5.82 Å². The molecule has 2 N–H and O–H groups in total. The topological polar surface area (TPSA) is 124 Å². The van der Waals surface area contributed by atoms with Crippen molar-refractivity contribution in [2.75, 3.05) is 38.8 Å². The van der Waals surface area contributed by atoms with E-state index in [4.69, 9.17) is 18.9 Å². The summed E-state index contributed by atoms with van der Waals surface area (Å²) in [6.07, 6.45) is 4.81. The first-order valence-corrected chi connectivity index (χ1v) is 15.8. The molecule has 11 nitrogen and oxygen atoms in total. The zero-order valence-electron chi connectivity index (χ0n) is 26.3. The number of nitrogens with zero attached hydrogens (tertiary/aromatic N) is 3. The Morgan fingerprint density at radius 3 is 2.57 bits per heavy atom. The number of thiophene rings is 1. The molecule has 3 heterocycles. The lowest BCUT2D eigenvalue weighted by atomic mass is 10.2. The molecular formula is C33H38FN5O6S. The van der Waals surface area contributed by atoms with E-state index in [1.165, 1.54) is 23.5 Å². The first-order valence-electron chi connectivity index (χ1n) is 15.0. The summed E-state index contributed by atoms with van der Waals surface area (Å²) >= 11 is 1.42. The van der Waals surface area contributed by atoms with Crippen LogP contribution in [0.15, 0.2) is 54.9 Å². The van der Waals surface area contributed by atoms with Gasteiger partial charge in [-0.25, -0.2) is 14.0 Å². The molecule has 1 aliphatic rings. The number of urea groups is 1. The Kier molecular flexibility index (Phi) is 10.7. The fourth-order valence-electron chi connectivity index (χ4n) is 4.35. The van der Waals surface area contributed by atoms with E-state index in [9.17, 15) is 14.0 Å². The minimum Gasteiger partial charge on any atom is -0.453 e. The van der Waals surface area contributed by atoms with E-state index in [1.54, 1.807) is 36.5 Å². The lowest BCUT2D eigenvalue weighted by Gasteiger charge is -2.27. The van der Waals surface area contributed by atoms with Crippen molar-refractivity contribution in [2.45, 2.75) is 51.8 Å². The van der Waals surface area contributed by atoms with Crippen LogP contribution in [0.25, 0.3) is 20.8 Å². The van der Waals surface area contributed by atoms with E-state index >= 15 is 0 Å². The molecule has 0 atom stereocenters. The number of carbonyl (C=O) groups excluding carboxylic acids is 2. The Bertz CT molecular complexity index is 1650. The first kappa shape index (κ1) is 33.0. The van der Waals surface area contributed by atoms with E-state index in [-0.39, 0.29) is 17.8 Å². The van der Waals surface area contributed by atoms with Gasteiger partial charge in [0.1, 0.15) is 11.4 Å². The van der Waals surface area contributed by atoms with Crippen LogP contribution in [-0.2, 0) is 20.8 Å². The first-order chi connectivity index (χ1) is 22.1. The van der Waals surface area contributed by atoms with Crippen LogP contribution in [0.5, 0.6) is 11.5 Å². The van der Waals surface area contributed by atoms with Gasteiger partial charge in [0.05, 0.1) is 47.2 Å². The number of methoxy groups -OCH3 is 1. The van der Waals surface area contributed by atoms with Gasteiger partial charge in [-0.3, -0.25) is 9.97 Å². The number of hydrogen-bond acceptors (Lipinski definition) is 9. The molecule has 13 heteroatoms. The number of carbonyl (C=O) groups is 2. The summed E-state index contributed by atoms with van der Waals surface area (Å²) in [5, 5.41) is 5.45. The van der Waals surface area contributed by atoms with Crippen molar-refractivity contribution in [3.63, 3.8) is 0 Å². The van der Waals surface area contributed by atoms with Gasteiger partial charge in [-0.05, 0) is 63.4 Å². The smallest absolute Gasteiger partial charge is 0.410 e. The van der Waals surface area contributed by atoms with Crippen molar-refractivity contribution >= 4 is 39.4 Å². The molecule has 0 radical (unpaired) electrons. The normalized spacial score (nSPS) is 13.0. The average Bonchev–Trinajstić information content (AvgIpc) is 3.70. The number of amides is 3. The molecule has 0 saturated heterocycles. The molecule has 1 aliphatic carbocycles. The summed E-state index contributed by atoms with van der Waals surface area (Å²) in [6.45, 7) is 7.38. The van der Waals surface area contributed by atoms with E-state index < -0.39 is 17.5 Å². The summed E-state index contributed by atoms with van der Waals surface area (Å²) in [6, 6.07) is 11.5. The Hall–Kier alpha value is -4.33. The zero-order chi connectivity index (χ0) is 32.7. The second-order valence-electron chi connectivity index (χ2n) is 11.8. The maximum Gasteiger partial charge on any atom is 0.410 e. The number of nitrogens with one attached hydrogen (secondary N) is 2. The second-order valence-corrected chi connectivity index (χ2v) is 12.9. The predicted octanol–water partition coefficient (Wildman–Crippen LogP) is 6.97. The van der Waals surface area contributed by atoms with Crippen LogP contribution in [0.3, 0.4) is 0 Å². The van der Waals surface area contributed by atoms with Gasteiger partial charge < -0.3 is 34.5 Å². The third kappa shape index (κ3) is 9.35. The molecule has 46 heavy (non-hydrogen) atoms. The number of pyridine rings is 2. The van der Waals surface area contributed by atoms with Crippen molar-refractivity contribution in [3.8, 4) is 22.1 Å². The van der Waals surface area contributed by atoms with Crippen molar-refractivity contribution in [1.82, 2.24) is 20.2 Å². The predicted molar refractivity (Wildman–Crippen MR) is 174 cm³/mol. The van der Waals surface area contributed by atoms with Crippen LogP contribution in [0.2, 0.25) is 0 Å². The maximum atomic E-state index is 14.9. The molecule has 1 aromatic carbocycles. The number of anilines is 1. The lowest BCUT2D eigenvalue weighted by Crippen LogP contribution is -2.38. The molecule has 0 aliphatic heterocycles. The zero-order valence-corrected chi connectivity index (χ0v) is 27.1. The van der Waals surface area contributed by atoms with Gasteiger partial charge in [-0.2, -0.15) is 0 Å². The highest BCUT2D eigenvalue weighted by molar-refractivity contribution is 7.22. The monoisotopic (exact) mass is 651 g/mol. The number of aromatic nitrogens is 2. The molecule has 0 spiro atoms. The van der Waals surface area contributed by atoms with Crippen molar-refractivity contribution in [3.05, 3.63) is 66.2 Å². The number of benzene rings is 1. The molecule has 244 valence electrons. The third-order valence-corrected chi connectivity index (χ3v) is 7.90. The van der Waals surface area contributed by atoms with E-state index in [0.717, 1.165) is 33.7 Å². The molecule has 1 fully saturated rings. The Balaban J connectivity index is 1.26. The van der Waals surface area contributed by atoms with Gasteiger partial charge >= 0.3 is 12.1 Å². The quantitative estimate of drug-likeness (QED) is 0.149. The molecule has 3 amide bonds. The standard InChI is InChI=1S/C33H38FN5O6S/c1-33(2,3)45-32(41)39(13-14-43-16-15-42-4)20-21-5-9-25(36-19-21)29-18-26-30(46-29)28(11-12-35-26)44-27-10-8-23(17-24(27)34)38-31(40)37-22-6-7-22/h5,8-12,17-19,22H,6-7,13-16,20H2,1-4H3,(H2,37,38,40). The maximum absolute atomic E-state index is 14.9. The fraction of sp³-hybridized carbons (Fsp3) is 0.394. The van der Waals surface area contributed by atoms with Crippen molar-refractivity contribution < 1.29 is 32.9 Å². The van der Waals surface area contributed by atoms with Crippen molar-refractivity contribution in [1.29, 1.82) is 0 Å². The lowest BCUT2D eigenvalue weighted by molar-refractivity contribution is 0.0119. The summed E-state index contributed by atoms with van der Waals surface area (Å²) in [4.78, 5) is 36.4. The number of halogens is 1. The summed E-state index contributed by atoms with van der Waals surface area (Å²) in [5.41, 5.74) is 1.93.